The van der Waals surface area contributed by atoms with E-state index in [1.54, 1.807) is 24.1 Å². The Labute approximate surface area is 218 Å². The van der Waals surface area contributed by atoms with Gasteiger partial charge in [0.05, 0.1) is 23.7 Å². The Morgan fingerprint density at radius 1 is 1.26 bits per heavy atom. The minimum Gasteiger partial charge on any atom is -0.494 e. The molecule has 5 rings (SSSR count). The number of hydrogen-bond acceptors (Lipinski definition) is 10. The van der Waals surface area contributed by atoms with E-state index >= 15 is 0 Å². The second-order valence-electron chi connectivity index (χ2n) is 8.95. The van der Waals surface area contributed by atoms with Gasteiger partial charge in [0.1, 0.15) is 29.6 Å². The lowest BCUT2D eigenvalue weighted by Crippen LogP contribution is -2.27. The molecule has 0 fully saturated rings. The third-order valence-electron chi connectivity index (χ3n) is 5.99. The van der Waals surface area contributed by atoms with Crippen LogP contribution in [-0.4, -0.2) is 83.0 Å². The number of pyridine rings is 1. The summed E-state index contributed by atoms with van der Waals surface area (Å²) >= 11 is 0. The van der Waals surface area contributed by atoms with E-state index in [4.69, 9.17) is 9.47 Å². The van der Waals surface area contributed by atoms with Crippen LogP contribution in [0.15, 0.2) is 41.6 Å². The highest BCUT2D eigenvalue weighted by Crippen LogP contribution is 2.38. The van der Waals surface area contributed by atoms with E-state index in [2.05, 4.69) is 40.9 Å². The Morgan fingerprint density at radius 2 is 2.13 bits per heavy atom. The molecule has 0 saturated carbocycles. The molecule has 0 saturated heterocycles. The monoisotopic (exact) mass is 519 g/mol. The first-order valence-electron chi connectivity index (χ1n) is 12.2. The molecule has 0 aliphatic carbocycles. The first-order valence-corrected chi connectivity index (χ1v) is 12.2. The molecule has 0 radical (unpaired) electrons. The number of ether oxygens (including phenoxy) is 2. The number of fused-ring (bicyclic) bond motifs is 2. The van der Waals surface area contributed by atoms with Crippen molar-refractivity contribution in [2.24, 2.45) is 0 Å². The average molecular weight is 520 g/mol. The van der Waals surface area contributed by atoms with Crippen LogP contribution in [0.2, 0.25) is 0 Å². The van der Waals surface area contributed by atoms with E-state index in [1.165, 1.54) is 12.4 Å². The number of amides is 1. The smallest absolute Gasteiger partial charge is 0.291 e. The van der Waals surface area contributed by atoms with Crippen LogP contribution in [0, 0.1) is 0 Å². The molecular weight excluding hydrogens is 490 g/mol. The van der Waals surface area contributed by atoms with Crippen LogP contribution >= 0.6 is 0 Å². The maximum atomic E-state index is 13.2. The molecule has 0 atom stereocenters. The van der Waals surface area contributed by atoms with Gasteiger partial charge in [-0.05, 0) is 27.1 Å². The zero-order valence-corrected chi connectivity index (χ0v) is 21.4. The van der Waals surface area contributed by atoms with Crippen molar-refractivity contribution in [1.29, 1.82) is 0 Å². The summed E-state index contributed by atoms with van der Waals surface area (Å²) in [5.41, 5.74) is 1.81. The summed E-state index contributed by atoms with van der Waals surface area (Å²) in [5.74, 6) is 1.33. The molecule has 38 heavy (non-hydrogen) atoms. The van der Waals surface area contributed by atoms with Crippen LogP contribution < -0.4 is 31.0 Å². The summed E-state index contributed by atoms with van der Waals surface area (Å²) in [7, 11) is 5.54. The Balaban J connectivity index is 1.59. The second-order valence-corrected chi connectivity index (χ2v) is 8.95. The van der Waals surface area contributed by atoms with E-state index < -0.39 is 0 Å². The summed E-state index contributed by atoms with van der Waals surface area (Å²) in [6.45, 7) is 2.56. The molecule has 13 nitrogen and oxygen atoms in total. The Bertz CT molecular complexity index is 1530. The van der Waals surface area contributed by atoms with Gasteiger partial charge < -0.3 is 35.3 Å². The Hall–Kier alpha value is -4.65. The van der Waals surface area contributed by atoms with Crippen LogP contribution in [-0.2, 0) is 0 Å². The zero-order valence-electron chi connectivity index (χ0n) is 21.4. The molecule has 4 aromatic rings. The molecule has 3 aromatic heterocycles. The van der Waals surface area contributed by atoms with Crippen molar-refractivity contribution >= 4 is 34.1 Å². The summed E-state index contributed by atoms with van der Waals surface area (Å²) in [4.78, 5) is 38.4. The van der Waals surface area contributed by atoms with E-state index in [0.29, 0.717) is 53.6 Å². The fourth-order valence-electron chi connectivity index (χ4n) is 4.16. The van der Waals surface area contributed by atoms with Crippen LogP contribution in [0.3, 0.4) is 0 Å². The third-order valence-corrected chi connectivity index (χ3v) is 5.99. The molecule has 1 aliphatic rings. The van der Waals surface area contributed by atoms with E-state index in [9.17, 15) is 9.59 Å². The maximum absolute atomic E-state index is 13.2. The van der Waals surface area contributed by atoms with Crippen molar-refractivity contribution in [3.8, 4) is 17.2 Å². The highest BCUT2D eigenvalue weighted by Gasteiger charge is 2.23. The predicted molar refractivity (Wildman–Crippen MR) is 143 cm³/mol. The number of carbonyl (C=O) groups excluding carboxylic acids is 1. The molecule has 0 bridgehead atoms. The van der Waals surface area contributed by atoms with Crippen molar-refractivity contribution in [3.63, 3.8) is 0 Å². The lowest BCUT2D eigenvalue weighted by atomic mass is 10.2. The summed E-state index contributed by atoms with van der Waals surface area (Å²) in [6, 6.07) is 5.37. The van der Waals surface area contributed by atoms with Gasteiger partial charge in [0, 0.05) is 49.9 Å². The van der Waals surface area contributed by atoms with E-state index in [1.807, 2.05) is 26.2 Å². The molecule has 1 aromatic carbocycles. The number of methoxy groups -OCH3 is 1. The summed E-state index contributed by atoms with van der Waals surface area (Å²) in [6.07, 6.45) is 5.26. The van der Waals surface area contributed by atoms with Crippen LogP contribution in [0.25, 0.3) is 16.6 Å². The lowest BCUT2D eigenvalue weighted by molar-refractivity contribution is 0.0948. The standard InChI is InChI=1S/C25H29N9O4/c1-33(2)9-4-5-28-24(35)22-15-14-30-21(31-23-25(36)29-7-6-27-23)13-17(15)34(32-22)18-12-19-16(11-20(18)37-3)26-8-10-38-19/h6-7,11-14,26H,4-5,8-10H2,1-3H3,(H,28,35)(H,29,36)(H,27,30,31). The minimum absolute atomic E-state index is 0.0927. The van der Waals surface area contributed by atoms with Gasteiger partial charge in [0.15, 0.2) is 11.5 Å². The molecule has 13 heteroatoms. The predicted octanol–water partition coefficient (Wildman–Crippen LogP) is 1.74. The number of aromatic amines is 1. The lowest BCUT2D eigenvalue weighted by Gasteiger charge is -2.21. The quantitative estimate of drug-likeness (QED) is 0.241. The molecule has 1 amide bonds. The fraction of sp³-hybridized carbons (Fsp3) is 0.320. The molecule has 1 aliphatic heterocycles. The van der Waals surface area contributed by atoms with Gasteiger partial charge >= 0.3 is 0 Å². The Morgan fingerprint density at radius 3 is 2.92 bits per heavy atom. The average Bonchev–Trinajstić information content (AvgIpc) is 3.30. The second kappa shape index (κ2) is 10.8. The number of benzene rings is 1. The number of hydrogen-bond donors (Lipinski definition) is 4. The van der Waals surface area contributed by atoms with E-state index in [0.717, 1.165) is 18.7 Å². The van der Waals surface area contributed by atoms with Crippen molar-refractivity contribution in [3.05, 3.63) is 52.8 Å². The van der Waals surface area contributed by atoms with Gasteiger partial charge in [-0.15, -0.1) is 0 Å². The number of H-pyrrole nitrogens is 1. The number of carbonyl (C=O) groups is 1. The fourth-order valence-corrected chi connectivity index (χ4v) is 4.16. The molecular formula is C25H29N9O4. The molecule has 0 unspecified atom stereocenters. The van der Waals surface area contributed by atoms with Crippen LogP contribution in [0.1, 0.15) is 16.9 Å². The number of aromatic nitrogens is 5. The zero-order chi connectivity index (χ0) is 26.6. The van der Waals surface area contributed by atoms with Gasteiger partial charge in [-0.2, -0.15) is 5.10 Å². The maximum Gasteiger partial charge on any atom is 0.291 e. The summed E-state index contributed by atoms with van der Waals surface area (Å²) in [5, 5.41) is 14.4. The number of nitrogens with one attached hydrogen (secondary N) is 4. The number of nitrogens with zero attached hydrogens (tertiary/aromatic N) is 5. The molecule has 198 valence electrons. The third kappa shape index (κ3) is 5.09. The van der Waals surface area contributed by atoms with Crippen molar-refractivity contribution in [1.82, 2.24) is 34.9 Å². The number of anilines is 3. The van der Waals surface area contributed by atoms with Crippen LogP contribution in [0.5, 0.6) is 11.5 Å². The van der Waals surface area contributed by atoms with Gasteiger partial charge in [0.25, 0.3) is 11.5 Å². The van der Waals surface area contributed by atoms with Crippen molar-refractivity contribution in [2.75, 3.05) is 58.1 Å². The van der Waals surface area contributed by atoms with Crippen LogP contribution in [0.4, 0.5) is 17.3 Å². The van der Waals surface area contributed by atoms with E-state index in [-0.39, 0.29) is 23.0 Å². The van der Waals surface area contributed by atoms with Gasteiger partial charge in [0.2, 0.25) is 0 Å². The summed E-state index contributed by atoms with van der Waals surface area (Å²) < 4.78 is 13.1. The number of rotatable bonds is 9. The van der Waals surface area contributed by atoms with Gasteiger partial charge in [-0.3, -0.25) is 9.59 Å². The highest BCUT2D eigenvalue weighted by molar-refractivity contribution is 6.05. The van der Waals surface area contributed by atoms with Gasteiger partial charge in [-0.1, -0.05) is 0 Å². The molecule has 4 N–H and O–H groups in total. The van der Waals surface area contributed by atoms with Crippen molar-refractivity contribution in [2.45, 2.75) is 6.42 Å². The SMILES string of the molecule is COc1cc2c(cc1-n1nc(C(=O)NCCCN(C)C)c3cnc(Nc4ncc[nH]c4=O)cc31)OCCN2. The topological polar surface area (TPSA) is 151 Å². The van der Waals surface area contributed by atoms with Gasteiger partial charge in [-0.25, -0.2) is 14.6 Å². The minimum atomic E-state index is -0.387. The normalized spacial score (nSPS) is 12.5. The van der Waals surface area contributed by atoms with Crippen molar-refractivity contribution < 1.29 is 14.3 Å². The first-order chi connectivity index (χ1) is 18.4. The highest BCUT2D eigenvalue weighted by atomic mass is 16.5. The Kier molecular flexibility index (Phi) is 7.09. The molecule has 4 heterocycles. The largest absolute Gasteiger partial charge is 0.494 e. The molecule has 0 spiro atoms. The first kappa shape index (κ1) is 25.0.